The van der Waals surface area contributed by atoms with Crippen LogP contribution in [-0.4, -0.2) is 40.6 Å². The first-order chi connectivity index (χ1) is 22.6. The molecule has 0 heterocycles. The first-order valence-electron chi connectivity index (χ1n) is 17.7. The fourth-order valence-electron chi connectivity index (χ4n) is 5.92. The minimum Gasteiger partial charge on any atom is -0.493 e. The monoisotopic (exact) mass is 632 g/mol. The molecule has 0 bridgehead atoms. The number of ether oxygens (including phenoxy) is 6. The maximum absolute atomic E-state index is 6.44. The van der Waals surface area contributed by atoms with Crippen LogP contribution < -0.4 is 28.4 Å². The van der Waals surface area contributed by atoms with Gasteiger partial charge >= 0.3 is 0 Å². The molecule has 0 unspecified atom stereocenters. The van der Waals surface area contributed by atoms with Gasteiger partial charge in [-0.3, -0.25) is 0 Å². The molecular formula is C40H56O6. The van der Waals surface area contributed by atoms with Crippen molar-refractivity contribution in [2.24, 2.45) is 0 Å². The van der Waals surface area contributed by atoms with Crippen molar-refractivity contribution in [1.29, 1.82) is 0 Å². The highest BCUT2D eigenvalue weighted by atomic mass is 16.5. The quantitative estimate of drug-likeness (QED) is 0.0635. The van der Waals surface area contributed by atoms with E-state index in [1.165, 1.54) is 0 Å². The van der Waals surface area contributed by atoms with E-state index in [0.717, 1.165) is 144 Å². The topological polar surface area (TPSA) is 55.4 Å². The Morgan fingerprint density at radius 3 is 0.761 bits per heavy atom. The number of hydrogen-bond acceptors (Lipinski definition) is 6. The molecule has 0 spiro atoms. The third kappa shape index (κ3) is 8.83. The molecule has 0 aliphatic heterocycles. The molecule has 0 N–H and O–H groups in total. The zero-order valence-corrected chi connectivity index (χ0v) is 29.2. The maximum Gasteiger partial charge on any atom is 0.161 e. The number of rotatable bonds is 22. The summed E-state index contributed by atoms with van der Waals surface area (Å²) in [4.78, 5) is 0. The van der Waals surface area contributed by atoms with Crippen molar-refractivity contribution >= 4 is 32.3 Å². The Hall–Kier alpha value is -3.54. The number of methoxy groups -OCH3 is 2. The van der Waals surface area contributed by atoms with Crippen LogP contribution in [-0.2, 0) is 0 Å². The molecule has 6 heteroatoms. The summed E-state index contributed by atoms with van der Waals surface area (Å²) in [5.74, 6) is 4.50. The average Bonchev–Trinajstić information content (AvgIpc) is 3.08. The highest BCUT2D eigenvalue weighted by Gasteiger charge is 2.20. The van der Waals surface area contributed by atoms with Crippen molar-refractivity contribution in [1.82, 2.24) is 0 Å². The van der Waals surface area contributed by atoms with Crippen LogP contribution in [0.1, 0.15) is 105 Å². The van der Waals surface area contributed by atoms with Gasteiger partial charge in [0.05, 0.1) is 40.6 Å². The summed E-state index contributed by atoms with van der Waals surface area (Å²) in [5, 5.41) is 6.43. The molecule has 0 saturated carbocycles. The Labute approximate surface area is 276 Å². The van der Waals surface area contributed by atoms with Crippen LogP contribution in [0.4, 0.5) is 0 Å². The van der Waals surface area contributed by atoms with Crippen molar-refractivity contribution in [3.05, 3.63) is 36.4 Å². The Morgan fingerprint density at radius 1 is 0.326 bits per heavy atom. The van der Waals surface area contributed by atoms with Crippen LogP contribution in [0.25, 0.3) is 32.3 Å². The Morgan fingerprint density at radius 2 is 0.543 bits per heavy atom. The largest absolute Gasteiger partial charge is 0.493 e. The predicted octanol–water partition coefficient (Wildman–Crippen LogP) is 11.4. The SMILES string of the molecule is CCCCCOc1cc2c(cc1OC)c1cc(OC)c(OCCCCC)cc1c1cc(OCCCCC)c(OCCCCC)cc21. The molecule has 4 aromatic carbocycles. The summed E-state index contributed by atoms with van der Waals surface area (Å²) >= 11 is 0. The van der Waals surface area contributed by atoms with Crippen molar-refractivity contribution in [3.8, 4) is 34.5 Å². The van der Waals surface area contributed by atoms with Crippen molar-refractivity contribution < 1.29 is 28.4 Å². The molecule has 46 heavy (non-hydrogen) atoms. The lowest BCUT2D eigenvalue weighted by atomic mass is 9.93. The predicted molar refractivity (Wildman–Crippen MR) is 192 cm³/mol. The van der Waals surface area contributed by atoms with Gasteiger partial charge in [-0.1, -0.05) is 79.1 Å². The second kappa shape index (κ2) is 18.6. The smallest absolute Gasteiger partial charge is 0.161 e. The summed E-state index contributed by atoms with van der Waals surface area (Å²) < 4.78 is 37.3. The number of hydrogen-bond donors (Lipinski definition) is 0. The van der Waals surface area contributed by atoms with Gasteiger partial charge in [-0.05, 0) is 94.4 Å². The molecule has 0 amide bonds. The van der Waals surface area contributed by atoms with E-state index in [1.807, 2.05) is 0 Å². The average molecular weight is 633 g/mol. The normalized spacial score (nSPS) is 11.3. The van der Waals surface area contributed by atoms with E-state index in [-0.39, 0.29) is 0 Å². The van der Waals surface area contributed by atoms with Gasteiger partial charge < -0.3 is 28.4 Å². The van der Waals surface area contributed by atoms with E-state index in [1.54, 1.807) is 14.2 Å². The maximum atomic E-state index is 6.44. The molecule has 0 aliphatic carbocycles. The fraction of sp³-hybridized carbons (Fsp3) is 0.550. The van der Waals surface area contributed by atoms with Gasteiger partial charge in [0.2, 0.25) is 0 Å². The van der Waals surface area contributed by atoms with E-state index in [0.29, 0.717) is 26.4 Å². The molecule has 0 atom stereocenters. The summed E-state index contributed by atoms with van der Waals surface area (Å²) in [6.45, 7) is 11.4. The Balaban J connectivity index is 1.97. The van der Waals surface area contributed by atoms with E-state index in [4.69, 9.17) is 28.4 Å². The molecule has 4 aromatic rings. The molecule has 0 radical (unpaired) electrons. The van der Waals surface area contributed by atoms with Gasteiger partial charge in [-0.2, -0.15) is 0 Å². The third-order valence-corrected chi connectivity index (χ3v) is 8.58. The van der Waals surface area contributed by atoms with Crippen molar-refractivity contribution in [3.63, 3.8) is 0 Å². The van der Waals surface area contributed by atoms with E-state index < -0.39 is 0 Å². The highest BCUT2D eigenvalue weighted by Crippen LogP contribution is 2.47. The molecule has 0 aromatic heterocycles. The molecule has 4 rings (SSSR count). The number of benzene rings is 4. The van der Waals surface area contributed by atoms with E-state index in [2.05, 4.69) is 64.1 Å². The molecule has 0 saturated heterocycles. The second-order valence-corrected chi connectivity index (χ2v) is 12.2. The third-order valence-electron chi connectivity index (χ3n) is 8.58. The molecule has 252 valence electrons. The molecule has 6 nitrogen and oxygen atoms in total. The summed E-state index contributed by atoms with van der Waals surface area (Å²) in [6.07, 6.45) is 13.1. The summed E-state index contributed by atoms with van der Waals surface area (Å²) in [7, 11) is 3.41. The van der Waals surface area contributed by atoms with Crippen molar-refractivity contribution in [2.75, 3.05) is 40.6 Å². The second-order valence-electron chi connectivity index (χ2n) is 12.2. The van der Waals surface area contributed by atoms with Gasteiger partial charge in [-0.15, -0.1) is 0 Å². The first-order valence-corrected chi connectivity index (χ1v) is 17.7. The zero-order valence-electron chi connectivity index (χ0n) is 29.2. The standard InChI is InChI=1S/C40H56O6/c1-7-11-15-19-43-37-25-31-29(23-35(37)41-5)30-24-36(42-6)38(44-20-16-12-8-2)26-32(30)34-28-40(46-22-18-14-10-4)39(27-33(31)34)45-21-17-13-9-3/h23-28H,7-22H2,1-6H3. The van der Waals surface area contributed by atoms with E-state index >= 15 is 0 Å². The van der Waals surface area contributed by atoms with Crippen LogP contribution in [0.3, 0.4) is 0 Å². The minimum absolute atomic E-state index is 0.648. The first kappa shape index (κ1) is 35.3. The zero-order chi connectivity index (χ0) is 32.7. The lowest BCUT2D eigenvalue weighted by molar-refractivity contribution is 0.260. The van der Waals surface area contributed by atoms with Crippen LogP contribution >= 0.6 is 0 Å². The molecular weight excluding hydrogens is 576 g/mol. The van der Waals surface area contributed by atoms with E-state index in [9.17, 15) is 0 Å². The minimum atomic E-state index is 0.648. The van der Waals surface area contributed by atoms with Gasteiger partial charge in [0.25, 0.3) is 0 Å². The molecule has 0 aliphatic rings. The number of fused-ring (bicyclic) bond motifs is 6. The van der Waals surface area contributed by atoms with Crippen molar-refractivity contribution in [2.45, 2.75) is 105 Å². The van der Waals surface area contributed by atoms with Gasteiger partial charge in [0.1, 0.15) is 0 Å². The summed E-state index contributed by atoms with van der Waals surface area (Å²) in [6, 6.07) is 12.8. The number of unbranched alkanes of at least 4 members (excludes halogenated alkanes) is 8. The highest BCUT2D eigenvalue weighted by molar-refractivity contribution is 6.26. The lowest BCUT2D eigenvalue weighted by Crippen LogP contribution is -2.03. The Bertz CT molecular complexity index is 1410. The van der Waals surface area contributed by atoms with Crippen LogP contribution in [0, 0.1) is 0 Å². The van der Waals surface area contributed by atoms with Gasteiger partial charge in [0.15, 0.2) is 34.5 Å². The van der Waals surface area contributed by atoms with Crippen LogP contribution in [0.2, 0.25) is 0 Å². The Kier molecular flexibility index (Phi) is 14.3. The van der Waals surface area contributed by atoms with Crippen LogP contribution in [0.15, 0.2) is 36.4 Å². The lowest BCUT2D eigenvalue weighted by Gasteiger charge is -2.20. The van der Waals surface area contributed by atoms with Gasteiger partial charge in [0, 0.05) is 0 Å². The summed E-state index contributed by atoms with van der Waals surface area (Å²) in [5.41, 5.74) is 0. The molecule has 0 fully saturated rings. The van der Waals surface area contributed by atoms with Gasteiger partial charge in [-0.25, -0.2) is 0 Å². The fourth-order valence-corrected chi connectivity index (χ4v) is 5.92. The van der Waals surface area contributed by atoms with Crippen LogP contribution in [0.5, 0.6) is 34.5 Å².